The maximum atomic E-state index is 13.4. The van der Waals surface area contributed by atoms with Crippen LogP contribution in [0.4, 0.5) is 10.1 Å². The third-order valence-corrected chi connectivity index (χ3v) is 6.50. The van der Waals surface area contributed by atoms with E-state index in [0.29, 0.717) is 18.4 Å². The third-order valence-electron chi connectivity index (χ3n) is 6.50. The normalized spacial score (nSPS) is 23.6. The van der Waals surface area contributed by atoms with Crippen molar-refractivity contribution in [1.82, 2.24) is 4.90 Å². The molecule has 2 fully saturated rings. The summed E-state index contributed by atoms with van der Waals surface area (Å²) in [5, 5.41) is 0. The van der Waals surface area contributed by atoms with Gasteiger partial charge in [0.05, 0.1) is 6.42 Å². The zero-order valence-corrected chi connectivity index (χ0v) is 17.0. The highest BCUT2D eigenvalue weighted by molar-refractivity contribution is 5.79. The second-order valence-corrected chi connectivity index (χ2v) is 8.92. The zero-order chi connectivity index (χ0) is 19.9. The molecule has 4 heteroatoms. The number of aryl methyl sites for hydroxylation is 1. The number of piperidine rings is 1. The van der Waals surface area contributed by atoms with Gasteiger partial charge in [0.2, 0.25) is 5.91 Å². The number of halogens is 1. The maximum Gasteiger partial charge on any atom is 0.227 e. The molecule has 4 rings (SSSR count). The molecule has 0 bridgehead atoms. The first-order chi connectivity index (χ1) is 13.3. The number of hydrogen-bond donors (Lipinski definition) is 0. The fraction of sp³-hybridized carbons (Fsp3) is 0.458. The Morgan fingerprint density at radius 1 is 1.14 bits per heavy atom. The number of nitrogens with zero attached hydrogens (tertiary/aromatic N) is 2. The lowest BCUT2D eigenvalue weighted by Crippen LogP contribution is -2.50. The van der Waals surface area contributed by atoms with Crippen molar-refractivity contribution < 1.29 is 9.18 Å². The second-order valence-electron chi connectivity index (χ2n) is 8.92. The van der Waals surface area contributed by atoms with Gasteiger partial charge < -0.3 is 9.80 Å². The van der Waals surface area contributed by atoms with E-state index in [0.717, 1.165) is 37.2 Å². The number of fused-ring (bicyclic) bond motifs is 1. The number of benzene rings is 2. The monoisotopic (exact) mass is 380 g/mol. The highest BCUT2D eigenvalue weighted by atomic mass is 19.1. The van der Waals surface area contributed by atoms with Crippen LogP contribution in [-0.2, 0) is 11.2 Å². The van der Waals surface area contributed by atoms with Crippen LogP contribution < -0.4 is 4.90 Å². The molecule has 0 unspecified atom stereocenters. The molecule has 0 aromatic heterocycles. The maximum absolute atomic E-state index is 13.4. The first-order valence-electron chi connectivity index (χ1n) is 10.2. The van der Waals surface area contributed by atoms with Crippen LogP contribution in [0.1, 0.15) is 37.8 Å². The Kier molecular flexibility index (Phi) is 4.90. The number of hydrogen-bond acceptors (Lipinski definition) is 2. The first kappa shape index (κ1) is 19.0. The van der Waals surface area contributed by atoms with Crippen LogP contribution in [0.5, 0.6) is 0 Å². The molecule has 0 saturated carbocycles. The lowest BCUT2D eigenvalue weighted by molar-refractivity contribution is -0.132. The first-order valence-corrected chi connectivity index (χ1v) is 10.2. The minimum absolute atomic E-state index is 0.00222. The Morgan fingerprint density at radius 3 is 2.57 bits per heavy atom. The summed E-state index contributed by atoms with van der Waals surface area (Å²) in [6, 6.07) is 15.4. The summed E-state index contributed by atoms with van der Waals surface area (Å²) in [7, 11) is 0. The van der Waals surface area contributed by atoms with Gasteiger partial charge in [-0.3, -0.25) is 4.79 Å². The lowest BCUT2D eigenvalue weighted by Gasteiger charge is -2.42. The van der Waals surface area contributed by atoms with Gasteiger partial charge in [-0.25, -0.2) is 4.39 Å². The van der Waals surface area contributed by atoms with Gasteiger partial charge in [-0.05, 0) is 74.9 Å². The molecule has 0 aliphatic carbocycles. The van der Waals surface area contributed by atoms with Gasteiger partial charge in [-0.2, -0.15) is 0 Å². The van der Waals surface area contributed by atoms with Crippen LogP contribution in [0.2, 0.25) is 0 Å². The highest BCUT2D eigenvalue weighted by Crippen LogP contribution is 2.44. The van der Waals surface area contributed by atoms with Crippen molar-refractivity contribution in [2.75, 3.05) is 18.0 Å². The van der Waals surface area contributed by atoms with Gasteiger partial charge in [0.1, 0.15) is 5.82 Å². The van der Waals surface area contributed by atoms with Gasteiger partial charge in [0.15, 0.2) is 0 Å². The van der Waals surface area contributed by atoms with E-state index in [-0.39, 0.29) is 17.3 Å². The second kappa shape index (κ2) is 7.23. The van der Waals surface area contributed by atoms with Crippen molar-refractivity contribution in [3.05, 3.63) is 65.5 Å². The van der Waals surface area contributed by atoms with E-state index in [4.69, 9.17) is 0 Å². The standard InChI is InChI=1S/C24H29FN2O/c1-17-6-4-5-7-18(17)14-23(28)26-13-12-22-19(16-26)15-24(2,3)27(22)21-10-8-20(25)9-11-21/h4-11,19,22H,12-16H2,1-3H3/t19-,22+/m1/s1. The molecular formula is C24H29FN2O. The van der Waals surface area contributed by atoms with Crippen molar-refractivity contribution in [3.63, 3.8) is 0 Å². The molecule has 28 heavy (non-hydrogen) atoms. The van der Waals surface area contributed by atoms with Crippen molar-refractivity contribution in [1.29, 1.82) is 0 Å². The Balaban J connectivity index is 1.48. The molecular weight excluding hydrogens is 351 g/mol. The number of carbonyl (C=O) groups excluding carboxylic acids is 1. The van der Waals surface area contributed by atoms with E-state index in [9.17, 15) is 9.18 Å². The van der Waals surface area contributed by atoms with Crippen LogP contribution in [0.25, 0.3) is 0 Å². The number of rotatable bonds is 3. The number of anilines is 1. The summed E-state index contributed by atoms with van der Waals surface area (Å²) in [6.45, 7) is 8.19. The van der Waals surface area contributed by atoms with Crippen molar-refractivity contribution in [2.24, 2.45) is 5.92 Å². The third kappa shape index (κ3) is 3.52. The average Bonchev–Trinajstić information content (AvgIpc) is 2.93. The largest absolute Gasteiger partial charge is 0.363 e. The minimum Gasteiger partial charge on any atom is -0.363 e. The van der Waals surface area contributed by atoms with Gasteiger partial charge in [0, 0.05) is 30.4 Å². The summed E-state index contributed by atoms with van der Waals surface area (Å²) in [6.07, 6.45) is 2.49. The Morgan fingerprint density at radius 2 is 1.86 bits per heavy atom. The topological polar surface area (TPSA) is 23.6 Å². The summed E-state index contributed by atoms with van der Waals surface area (Å²) < 4.78 is 13.4. The molecule has 0 spiro atoms. The Bertz CT molecular complexity index is 861. The lowest BCUT2D eigenvalue weighted by atomic mass is 9.89. The molecule has 2 aromatic rings. The molecule has 2 aliphatic heterocycles. The van der Waals surface area contributed by atoms with Crippen LogP contribution >= 0.6 is 0 Å². The molecule has 0 N–H and O–H groups in total. The molecule has 2 aliphatic rings. The molecule has 2 aromatic carbocycles. The minimum atomic E-state index is -0.200. The molecule has 0 radical (unpaired) electrons. The van der Waals surface area contributed by atoms with E-state index in [1.165, 1.54) is 5.56 Å². The van der Waals surface area contributed by atoms with Crippen LogP contribution in [-0.4, -0.2) is 35.5 Å². The van der Waals surface area contributed by atoms with Crippen molar-refractivity contribution in [2.45, 2.75) is 51.6 Å². The Labute approximate surface area is 167 Å². The summed E-state index contributed by atoms with van der Waals surface area (Å²) in [5.74, 6) is 0.481. The van der Waals surface area contributed by atoms with E-state index >= 15 is 0 Å². The fourth-order valence-electron chi connectivity index (χ4n) is 5.20. The van der Waals surface area contributed by atoms with E-state index in [1.54, 1.807) is 12.1 Å². The molecule has 148 valence electrons. The molecule has 3 nitrogen and oxygen atoms in total. The number of amides is 1. The average molecular weight is 381 g/mol. The van der Waals surface area contributed by atoms with E-state index in [1.807, 2.05) is 24.3 Å². The predicted molar refractivity (Wildman–Crippen MR) is 111 cm³/mol. The molecule has 2 atom stereocenters. The summed E-state index contributed by atoms with van der Waals surface area (Å²) >= 11 is 0. The summed E-state index contributed by atoms with van der Waals surface area (Å²) in [4.78, 5) is 17.4. The highest BCUT2D eigenvalue weighted by Gasteiger charge is 2.48. The fourth-order valence-corrected chi connectivity index (χ4v) is 5.20. The SMILES string of the molecule is Cc1ccccc1CC(=O)N1CC[C@H]2[C@@H](C1)CC(C)(C)N2c1ccc(F)cc1. The van der Waals surface area contributed by atoms with Crippen LogP contribution in [0.15, 0.2) is 48.5 Å². The van der Waals surface area contributed by atoms with Gasteiger partial charge in [0.25, 0.3) is 0 Å². The zero-order valence-electron chi connectivity index (χ0n) is 17.0. The van der Waals surface area contributed by atoms with E-state index in [2.05, 4.69) is 42.7 Å². The molecule has 2 saturated heterocycles. The van der Waals surface area contributed by atoms with Gasteiger partial charge >= 0.3 is 0 Å². The van der Waals surface area contributed by atoms with Gasteiger partial charge in [-0.1, -0.05) is 24.3 Å². The predicted octanol–water partition coefficient (Wildman–Crippen LogP) is 4.58. The molecule has 2 heterocycles. The van der Waals surface area contributed by atoms with Crippen molar-refractivity contribution in [3.8, 4) is 0 Å². The van der Waals surface area contributed by atoms with Crippen molar-refractivity contribution >= 4 is 11.6 Å². The quantitative estimate of drug-likeness (QED) is 0.778. The molecule has 1 amide bonds. The van der Waals surface area contributed by atoms with Gasteiger partial charge in [-0.15, -0.1) is 0 Å². The Hall–Kier alpha value is -2.36. The smallest absolute Gasteiger partial charge is 0.227 e. The summed E-state index contributed by atoms with van der Waals surface area (Å²) in [5.41, 5.74) is 3.38. The van der Waals surface area contributed by atoms with Crippen LogP contribution in [0, 0.1) is 18.7 Å². The number of carbonyl (C=O) groups is 1. The van der Waals surface area contributed by atoms with Crippen LogP contribution in [0.3, 0.4) is 0 Å². The van der Waals surface area contributed by atoms with E-state index < -0.39 is 0 Å². The number of likely N-dealkylation sites (tertiary alicyclic amines) is 1.